The Morgan fingerprint density at radius 3 is 0.886 bits per heavy atom. The van der Waals surface area contributed by atoms with Gasteiger partial charge in [0.25, 0.3) is 0 Å². The molecule has 0 fully saturated rings. The average Bonchev–Trinajstić information content (AvgIpc) is 2.98. The maximum atomic E-state index is 6.28. The second-order valence-electron chi connectivity index (χ2n) is 11.0. The summed E-state index contributed by atoms with van der Waals surface area (Å²) in [6, 6.07) is 16.3. The molecule has 4 aliphatic heterocycles. The van der Waals surface area contributed by atoms with E-state index in [-0.39, 0.29) is 13.6 Å². The Balaban J connectivity index is 1.31. The Kier molecular flexibility index (Phi) is 6.20. The minimum absolute atomic E-state index is 0.0204. The topological polar surface area (TPSA) is 92.3 Å². The lowest BCUT2D eigenvalue weighted by Gasteiger charge is -2.29. The fourth-order valence-corrected chi connectivity index (χ4v) is 7.95. The van der Waals surface area contributed by atoms with Crippen molar-refractivity contribution in [2.24, 2.45) is 0 Å². The van der Waals surface area contributed by atoms with E-state index in [4.69, 9.17) is 46.1 Å². The van der Waals surface area contributed by atoms with Gasteiger partial charge in [-0.25, -0.2) is 0 Å². The van der Waals surface area contributed by atoms with Crippen LogP contribution in [0.15, 0.2) is 48.5 Å². The molecule has 224 valence electrons. The van der Waals surface area contributed by atoms with Crippen molar-refractivity contribution < 1.29 is 46.1 Å². The first-order valence-electron chi connectivity index (χ1n) is 14.1. The van der Waals surface area contributed by atoms with Crippen LogP contribution in [-0.4, -0.2) is 27.8 Å². The minimum atomic E-state index is -1.74. The molecule has 0 spiro atoms. The van der Waals surface area contributed by atoms with E-state index < -0.39 is 17.2 Å². The zero-order valence-corrected chi connectivity index (χ0v) is 25.6. The van der Waals surface area contributed by atoms with Gasteiger partial charge in [0, 0.05) is 64.2 Å². The maximum Gasteiger partial charge on any atom is 0.462 e. The maximum absolute atomic E-state index is 6.28. The standard InChI is InChI=1S/C32H26O10P2/c1-33-43-39-29-11-25-17-3-19-7-23-10-24-8-20-4-18-6-22(9-21(29)5-17)30(40-43)12-26(18)36-16-38-28(20)14-32(24)42-44(34-2)41-31(23)13-27(19)37-15-35-25/h5-8,11-14H,3-4,9-10,15-16H2,1-2H3. The number of ether oxygens (including phenoxy) is 4. The Morgan fingerprint density at radius 2 is 0.636 bits per heavy atom. The molecule has 4 aromatic rings. The summed E-state index contributed by atoms with van der Waals surface area (Å²) < 4.78 is 60.9. The SMILES string of the molecule is COP1Oc2cc3c4cc2Cc2cc5c(cc2O1)OCOc1cc2c(cc1C5)Cc1cc(c(cc1OP(OC)O2)OCO3)C4. The summed E-state index contributed by atoms with van der Waals surface area (Å²) in [5.74, 6) is 5.38. The summed E-state index contributed by atoms with van der Waals surface area (Å²) in [4.78, 5) is 0. The van der Waals surface area contributed by atoms with Gasteiger partial charge in [-0.1, -0.05) is 0 Å². The van der Waals surface area contributed by atoms with Crippen molar-refractivity contribution in [3.8, 4) is 46.0 Å². The molecule has 0 atom stereocenters. The largest absolute Gasteiger partial charge is 0.462 e. The highest BCUT2D eigenvalue weighted by atomic mass is 31.2. The zero-order chi connectivity index (χ0) is 29.4. The van der Waals surface area contributed by atoms with Crippen LogP contribution in [0.5, 0.6) is 46.0 Å². The fraction of sp³-hybridized carbons (Fsp3) is 0.250. The molecule has 0 radical (unpaired) electrons. The summed E-state index contributed by atoms with van der Waals surface area (Å²) in [6.07, 6.45) is 2.35. The van der Waals surface area contributed by atoms with E-state index in [1.807, 2.05) is 24.3 Å². The lowest BCUT2D eigenvalue weighted by molar-refractivity contribution is 0.115. The second kappa shape index (κ2) is 10.3. The summed E-state index contributed by atoms with van der Waals surface area (Å²) in [5.41, 5.74) is 8.16. The van der Waals surface area contributed by atoms with Gasteiger partial charge in [-0.2, -0.15) is 0 Å². The van der Waals surface area contributed by atoms with E-state index in [2.05, 4.69) is 24.3 Å². The van der Waals surface area contributed by atoms with E-state index in [9.17, 15) is 0 Å². The van der Waals surface area contributed by atoms with Gasteiger partial charge in [-0.05, 0) is 68.8 Å². The third-order valence-electron chi connectivity index (χ3n) is 8.35. The third-order valence-corrected chi connectivity index (χ3v) is 10.3. The molecule has 0 saturated heterocycles. The van der Waals surface area contributed by atoms with Crippen LogP contribution in [0.2, 0.25) is 0 Å². The molecule has 0 amide bonds. The molecule has 5 aliphatic rings. The number of hydrogen-bond donors (Lipinski definition) is 0. The highest BCUT2D eigenvalue weighted by Crippen LogP contribution is 2.52. The lowest BCUT2D eigenvalue weighted by atomic mass is 9.91. The van der Waals surface area contributed by atoms with Crippen LogP contribution in [0, 0.1) is 0 Å². The number of rotatable bonds is 2. The normalized spacial score (nSPS) is 17.3. The van der Waals surface area contributed by atoms with Gasteiger partial charge in [0.2, 0.25) is 13.6 Å². The van der Waals surface area contributed by atoms with Crippen LogP contribution in [0.1, 0.15) is 44.5 Å². The number of benzene rings is 4. The molecule has 4 aromatic carbocycles. The Hall–Kier alpha value is -3.94. The van der Waals surface area contributed by atoms with E-state index in [0.717, 1.165) is 44.5 Å². The van der Waals surface area contributed by atoms with Crippen LogP contribution in [0.3, 0.4) is 0 Å². The fourth-order valence-electron chi connectivity index (χ4n) is 6.25. The van der Waals surface area contributed by atoms with Crippen molar-refractivity contribution >= 4 is 17.2 Å². The molecule has 44 heavy (non-hydrogen) atoms. The van der Waals surface area contributed by atoms with Crippen LogP contribution < -0.4 is 37.0 Å². The zero-order valence-electron chi connectivity index (χ0n) is 23.8. The average molecular weight is 632 g/mol. The van der Waals surface area contributed by atoms with Crippen LogP contribution >= 0.6 is 17.2 Å². The van der Waals surface area contributed by atoms with Gasteiger partial charge in [0.15, 0.2) is 0 Å². The molecule has 0 unspecified atom stereocenters. The van der Waals surface area contributed by atoms with Crippen LogP contribution in [0.25, 0.3) is 0 Å². The summed E-state index contributed by atoms with van der Waals surface area (Å²) in [6.45, 7) is 0.0409. The van der Waals surface area contributed by atoms with Crippen molar-refractivity contribution in [1.29, 1.82) is 0 Å². The van der Waals surface area contributed by atoms with E-state index in [0.29, 0.717) is 71.7 Å². The second-order valence-corrected chi connectivity index (χ2v) is 13.3. The molecule has 8 bridgehead atoms. The van der Waals surface area contributed by atoms with E-state index in [1.165, 1.54) is 0 Å². The first-order valence-corrected chi connectivity index (χ1v) is 16.3. The van der Waals surface area contributed by atoms with Crippen molar-refractivity contribution in [3.63, 3.8) is 0 Å². The molecule has 1 aliphatic carbocycles. The highest BCUT2D eigenvalue weighted by Gasteiger charge is 2.31. The molecule has 12 heteroatoms. The van der Waals surface area contributed by atoms with Gasteiger partial charge in [-0.15, -0.1) is 0 Å². The summed E-state index contributed by atoms with van der Waals surface area (Å²) >= 11 is 0. The summed E-state index contributed by atoms with van der Waals surface area (Å²) in [7, 11) is -0.324. The van der Waals surface area contributed by atoms with Gasteiger partial charge < -0.3 is 37.0 Å². The smallest absolute Gasteiger partial charge is 0.457 e. The van der Waals surface area contributed by atoms with Crippen LogP contribution in [0.4, 0.5) is 0 Å². The quantitative estimate of drug-likeness (QED) is 0.188. The van der Waals surface area contributed by atoms with Gasteiger partial charge in [0.1, 0.15) is 46.0 Å². The highest BCUT2D eigenvalue weighted by molar-refractivity contribution is 7.42. The van der Waals surface area contributed by atoms with Gasteiger partial charge >= 0.3 is 17.2 Å². The molecular weight excluding hydrogens is 606 g/mol. The Labute approximate surface area is 255 Å². The molecular formula is C32H26O10P2. The van der Waals surface area contributed by atoms with E-state index in [1.54, 1.807) is 14.2 Å². The van der Waals surface area contributed by atoms with E-state index >= 15 is 0 Å². The van der Waals surface area contributed by atoms with Gasteiger partial charge in [-0.3, -0.25) is 9.05 Å². The molecule has 10 nitrogen and oxygen atoms in total. The molecule has 0 aromatic heterocycles. The van der Waals surface area contributed by atoms with Crippen molar-refractivity contribution in [2.45, 2.75) is 25.7 Å². The molecule has 0 N–H and O–H groups in total. The molecule has 4 heterocycles. The monoisotopic (exact) mass is 632 g/mol. The molecule has 9 rings (SSSR count). The van der Waals surface area contributed by atoms with Gasteiger partial charge in [0.05, 0.1) is 0 Å². The van der Waals surface area contributed by atoms with Crippen molar-refractivity contribution in [3.05, 3.63) is 93.0 Å². The first kappa shape index (κ1) is 26.5. The van der Waals surface area contributed by atoms with Crippen molar-refractivity contribution in [1.82, 2.24) is 0 Å². The first-order chi connectivity index (χ1) is 21.6. The predicted octanol–water partition coefficient (Wildman–Crippen LogP) is 7.11. The Bertz CT molecular complexity index is 1590. The number of hydrogen-bond acceptors (Lipinski definition) is 10. The Morgan fingerprint density at radius 1 is 0.386 bits per heavy atom. The summed E-state index contributed by atoms with van der Waals surface area (Å²) in [5, 5.41) is 0. The van der Waals surface area contributed by atoms with Crippen LogP contribution in [-0.2, 0) is 34.7 Å². The minimum Gasteiger partial charge on any atom is -0.457 e. The molecule has 0 saturated carbocycles. The third kappa shape index (κ3) is 4.48. The predicted molar refractivity (Wildman–Crippen MR) is 160 cm³/mol. The lowest BCUT2D eigenvalue weighted by Crippen LogP contribution is -2.16. The van der Waals surface area contributed by atoms with Crippen molar-refractivity contribution in [2.75, 3.05) is 27.8 Å².